The zero-order valence-corrected chi connectivity index (χ0v) is 17.9. The Kier molecular flexibility index (Phi) is 5.55. The monoisotopic (exact) mass is 413 g/mol. The molecule has 0 aliphatic carbocycles. The summed E-state index contributed by atoms with van der Waals surface area (Å²) >= 11 is 0. The van der Waals surface area contributed by atoms with Crippen molar-refractivity contribution in [3.05, 3.63) is 82.9 Å². The molecule has 0 saturated carbocycles. The van der Waals surface area contributed by atoms with Gasteiger partial charge >= 0.3 is 0 Å². The third-order valence-electron chi connectivity index (χ3n) is 5.32. The van der Waals surface area contributed by atoms with E-state index in [1.54, 1.807) is 19.1 Å². The van der Waals surface area contributed by atoms with Crippen LogP contribution in [0.25, 0.3) is 0 Å². The molecular formula is C26H23NO4. The van der Waals surface area contributed by atoms with E-state index in [1.165, 1.54) is 12.7 Å². The highest BCUT2D eigenvalue weighted by Gasteiger charge is 2.40. The lowest BCUT2D eigenvalue weighted by atomic mass is 10.0. The summed E-state index contributed by atoms with van der Waals surface area (Å²) in [6, 6.07) is 18.6. The standard InChI is InChI=1S/C26H23NO4/c1-17-5-7-18(8-6-17)9-15-22-21-14-16-23(30-3)25(31-4)24(21)26(28)27(22)19-10-12-20(29-2)13-11-19/h5-8,10-14,16,22H,1-4H3/t22-/m0/s1. The van der Waals surface area contributed by atoms with Gasteiger partial charge in [-0.15, -0.1) is 0 Å². The quantitative estimate of drug-likeness (QED) is 0.578. The topological polar surface area (TPSA) is 48.0 Å². The van der Waals surface area contributed by atoms with Crippen molar-refractivity contribution in [2.24, 2.45) is 0 Å². The minimum absolute atomic E-state index is 0.181. The average molecular weight is 413 g/mol. The summed E-state index contributed by atoms with van der Waals surface area (Å²) in [6.45, 7) is 2.04. The molecule has 1 aliphatic heterocycles. The first-order chi connectivity index (χ1) is 15.1. The van der Waals surface area contributed by atoms with Crippen LogP contribution in [0.15, 0.2) is 60.7 Å². The molecule has 1 amide bonds. The third-order valence-corrected chi connectivity index (χ3v) is 5.32. The SMILES string of the molecule is COc1ccc(N2C(=O)c3c(ccc(OC)c3OC)[C@@H]2C#Cc2ccc(C)cc2)cc1. The van der Waals surface area contributed by atoms with Gasteiger partial charge in [-0.3, -0.25) is 9.69 Å². The van der Waals surface area contributed by atoms with Crippen LogP contribution in [-0.4, -0.2) is 27.2 Å². The van der Waals surface area contributed by atoms with Crippen molar-refractivity contribution in [2.75, 3.05) is 26.2 Å². The number of anilines is 1. The summed E-state index contributed by atoms with van der Waals surface area (Å²) in [5.41, 5.74) is 4.05. The molecule has 1 atom stereocenters. The number of amides is 1. The van der Waals surface area contributed by atoms with Gasteiger partial charge in [0.05, 0.1) is 26.9 Å². The first kappa shape index (κ1) is 20.4. The fraction of sp³-hybridized carbons (Fsp3) is 0.192. The predicted molar refractivity (Wildman–Crippen MR) is 120 cm³/mol. The largest absolute Gasteiger partial charge is 0.497 e. The number of ether oxygens (including phenoxy) is 3. The number of carbonyl (C=O) groups is 1. The number of hydrogen-bond acceptors (Lipinski definition) is 4. The average Bonchev–Trinajstić information content (AvgIpc) is 3.09. The van der Waals surface area contributed by atoms with E-state index in [0.717, 1.165) is 22.6 Å². The Morgan fingerprint density at radius 2 is 1.55 bits per heavy atom. The van der Waals surface area contributed by atoms with E-state index in [-0.39, 0.29) is 5.91 Å². The lowest BCUT2D eigenvalue weighted by Gasteiger charge is -2.21. The first-order valence-electron chi connectivity index (χ1n) is 9.88. The molecule has 0 spiro atoms. The predicted octanol–water partition coefficient (Wildman–Crippen LogP) is 4.77. The molecule has 0 fully saturated rings. The molecule has 1 heterocycles. The van der Waals surface area contributed by atoms with Crippen molar-refractivity contribution in [3.8, 4) is 29.1 Å². The maximum absolute atomic E-state index is 13.6. The molecule has 3 aromatic rings. The van der Waals surface area contributed by atoms with Crippen LogP contribution in [0.5, 0.6) is 17.2 Å². The van der Waals surface area contributed by atoms with Crippen LogP contribution in [-0.2, 0) is 0 Å². The second kappa shape index (κ2) is 8.45. The van der Waals surface area contributed by atoms with Crippen LogP contribution in [0, 0.1) is 18.8 Å². The number of benzene rings is 3. The van der Waals surface area contributed by atoms with E-state index >= 15 is 0 Å². The van der Waals surface area contributed by atoms with E-state index < -0.39 is 6.04 Å². The minimum atomic E-state index is -0.461. The molecule has 31 heavy (non-hydrogen) atoms. The molecule has 0 bridgehead atoms. The second-order valence-electron chi connectivity index (χ2n) is 7.18. The second-order valence-corrected chi connectivity index (χ2v) is 7.18. The van der Waals surface area contributed by atoms with Gasteiger partial charge in [-0.25, -0.2) is 0 Å². The fourth-order valence-corrected chi connectivity index (χ4v) is 3.71. The van der Waals surface area contributed by atoms with Crippen molar-refractivity contribution in [1.82, 2.24) is 0 Å². The highest BCUT2D eigenvalue weighted by atomic mass is 16.5. The summed E-state index contributed by atoms with van der Waals surface area (Å²) in [5.74, 6) is 7.99. The lowest BCUT2D eigenvalue weighted by molar-refractivity contribution is 0.0991. The van der Waals surface area contributed by atoms with Crippen LogP contribution >= 0.6 is 0 Å². The Morgan fingerprint density at radius 1 is 0.839 bits per heavy atom. The number of hydrogen-bond donors (Lipinski definition) is 0. The molecule has 0 N–H and O–H groups in total. The minimum Gasteiger partial charge on any atom is -0.497 e. The summed E-state index contributed by atoms with van der Waals surface area (Å²) < 4.78 is 16.2. The Hall–Kier alpha value is -3.91. The van der Waals surface area contributed by atoms with Gasteiger partial charge in [-0.2, -0.15) is 0 Å². The zero-order valence-electron chi connectivity index (χ0n) is 17.9. The number of nitrogens with zero attached hydrogens (tertiary/aromatic N) is 1. The molecular weight excluding hydrogens is 390 g/mol. The van der Waals surface area contributed by atoms with E-state index in [4.69, 9.17) is 14.2 Å². The molecule has 5 nitrogen and oxygen atoms in total. The highest BCUT2D eigenvalue weighted by Crippen LogP contribution is 2.45. The molecule has 1 aliphatic rings. The molecule has 5 heteroatoms. The van der Waals surface area contributed by atoms with Crippen LogP contribution < -0.4 is 19.1 Å². The van der Waals surface area contributed by atoms with E-state index in [9.17, 15) is 4.79 Å². The maximum Gasteiger partial charge on any atom is 0.263 e. The van der Waals surface area contributed by atoms with Gasteiger partial charge in [0.2, 0.25) is 0 Å². The summed E-state index contributed by atoms with van der Waals surface area (Å²) in [7, 11) is 4.70. The van der Waals surface area contributed by atoms with Crippen LogP contribution in [0.2, 0.25) is 0 Å². The number of methoxy groups -OCH3 is 3. The Morgan fingerprint density at radius 3 is 2.16 bits per heavy atom. The maximum atomic E-state index is 13.6. The normalized spacial score (nSPS) is 14.5. The van der Waals surface area contributed by atoms with Gasteiger partial charge in [-0.1, -0.05) is 35.6 Å². The van der Waals surface area contributed by atoms with Crippen molar-refractivity contribution in [3.63, 3.8) is 0 Å². The first-order valence-corrected chi connectivity index (χ1v) is 9.88. The third kappa shape index (κ3) is 3.69. The van der Waals surface area contributed by atoms with Gasteiger partial charge in [-0.05, 0) is 49.4 Å². The molecule has 156 valence electrons. The van der Waals surface area contributed by atoms with Gasteiger partial charge in [0, 0.05) is 16.8 Å². The molecule has 0 saturated heterocycles. The summed E-state index contributed by atoms with van der Waals surface area (Å²) in [6.07, 6.45) is 0. The van der Waals surface area contributed by atoms with E-state index in [1.807, 2.05) is 67.6 Å². The van der Waals surface area contributed by atoms with Crippen LogP contribution in [0.3, 0.4) is 0 Å². The number of rotatable bonds is 4. The Bertz CT molecular complexity index is 1170. The van der Waals surface area contributed by atoms with Crippen molar-refractivity contribution >= 4 is 11.6 Å². The van der Waals surface area contributed by atoms with Crippen LogP contribution in [0.4, 0.5) is 5.69 Å². The fourth-order valence-electron chi connectivity index (χ4n) is 3.71. The van der Waals surface area contributed by atoms with Gasteiger partial charge < -0.3 is 14.2 Å². The summed E-state index contributed by atoms with van der Waals surface area (Å²) in [5, 5.41) is 0. The van der Waals surface area contributed by atoms with Crippen molar-refractivity contribution in [2.45, 2.75) is 13.0 Å². The van der Waals surface area contributed by atoms with E-state index in [0.29, 0.717) is 17.1 Å². The zero-order chi connectivity index (χ0) is 22.0. The van der Waals surface area contributed by atoms with Crippen molar-refractivity contribution in [1.29, 1.82) is 0 Å². The smallest absolute Gasteiger partial charge is 0.263 e. The molecule has 0 unspecified atom stereocenters. The van der Waals surface area contributed by atoms with E-state index in [2.05, 4.69) is 11.8 Å². The number of fused-ring (bicyclic) bond motifs is 1. The molecule has 0 aromatic heterocycles. The van der Waals surface area contributed by atoms with Gasteiger partial charge in [0.15, 0.2) is 11.5 Å². The van der Waals surface area contributed by atoms with Gasteiger partial charge in [0.1, 0.15) is 11.8 Å². The van der Waals surface area contributed by atoms with Crippen molar-refractivity contribution < 1.29 is 19.0 Å². The van der Waals surface area contributed by atoms with Gasteiger partial charge in [0.25, 0.3) is 5.91 Å². The Balaban J connectivity index is 1.85. The Labute approximate surface area is 182 Å². The van der Waals surface area contributed by atoms with Crippen LogP contribution in [0.1, 0.15) is 33.1 Å². The molecule has 0 radical (unpaired) electrons. The molecule has 3 aromatic carbocycles. The lowest BCUT2D eigenvalue weighted by Crippen LogP contribution is -2.27. The number of aryl methyl sites for hydroxylation is 1. The highest BCUT2D eigenvalue weighted by molar-refractivity contribution is 6.14. The molecule has 4 rings (SSSR count). The summed E-state index contributed by atoms with van der Waals surface area (Å²) in [4.78, 5) is 15.2. The number of carbonyl (C=O) groups excluding carboxylic acids is 1.